The molecule has 0 spiro atoms. The van der Waals surface area contributed by atoms with Crippen molar-refractivity contribution < 1.29 is 9.59 Å². The maximum atomic E-state index is 12.4. The summed E-state index contributed by atoms with van der Waals surface area (Å²) in [6.45, 7) is 7.89. The number of hydrogen-bond donors (Lipinski definition) is 1. The molecule has 2 amide bonds. The molecular weight excluding hydrogens is 276 g/mol. The van der Waals surface area contributed by atoms with E-state index in [0.717, 1.165) is 0 Å². The number of aryl methyl sites for hydroxylation is 1. The van der Waals surface area contributed by atoms with E-state index in [0.29, 0.717) is 41.9 Å². The summed E-state index contributed by atoms with van der Waals surface area (Å²) >= 11 is 1.22. The smallest absolute Gasteiger partial charge is 0.266 e. The fourth-order valence-electron chi connectivity index (χ4n) is 2.25. The topological polar surface area (TPSA) is 79.5 Å². The zero-order valence-corrected chi connectivity index (χ0v) is 12.9. The van der Waals surface area contributed by atoms with Gasteiger partial charge in [-0.2, -0.15) is 0 Å². The summed E-state index contributed by atoms with van der Waals surface area (Å²) in [5, 5.41) is 0.416. The van der Waals surface area contributed by atoms with Crippen molar-refractivity contribution in [2.24, 2.45) is 5.92 Å². The van der Waals surface area contributed by atoms with E-state index in [9.17, 15) is 9.59 Å². The predicted molar refractivity (Wildman–Crippen MR) is 78.6 cm³/mol. The van der Waals surface area contributed by atoms with Gasteiger partial charge in [-0.05, 0) is 6.92 Å². The van der Waals surface area contributed by atoms with Crippen LogP contribution in [0.1, 0.15) is 29.2 Å². The van der Waals surface area contributed by atoms with Crippen molar-refractivity contribution in [3.63, 3.8) is 0 Å². The highest BCUT2D eigenvalue weighted by Gasteiger charge is 2.27. The van der Waals surface area contributed by atoms with Crippen LogP contribution < -0.4 is 5.73 Å². The number of nitrogen functional groups attached to an aromatic ring is 1. The first-order valence-corrected chi connectivity index (χ1v) is 7.52. The van der Waals surface area contributed by atoms with E-state index < -0.39 is 0 Å². The summed E-state index contributed by atoms with van der Waals surface area (Å²) in [4.78, 5) is 32.6. The van der Waals surface area contributed by atoms with Crippen LogP contribution in [0.3, 0.4) is 0 Å². The van der Waals surface area contributed by atoms with Crippen molar-refractivity contribution in [1.29, 1.82) is 0 Å². The van der Waals surface area contributed by atoms with Crippen molar-refractivity contribution in [1.82, 2.24) is 14.8 Å². The van der Waals surface area contributed by atoms with Gasteiger partial charge in [-0.1, -0.05) is 25.2 Å². The molecule has 2 heterocycles. The Morgan fingerprint density at radius 1 is 1.20 bits per heavy atom. The van der Waals surface area contributed by atoms with Gasteiger partial charge in [0, 0.05) is 32.1 Å². The molecule has 0 bridgehead atoms. The molecule has 2 rings (SSSR count). The van der Waals surface area contributed by atoms with E-state index >= 15 is 0 Å². The second-order valence-electron chi connectivity index (χ2n) is 5.24. The number of anilines is 1. The van der Waals surface area contributed by atoms with Crippen LogP contribution in [-0.4, -0.2) is 52.8 Å². The van der Waals surface area contributed by atoms with Crippen LogP contribution in [0.4, 0.5) is 5.13 Å². The third-order valence-corrected chi connectivity index (χ3v) is 4.35. The van der Waals surface area contributed by atoms with Crippen LogP contribution in [-0.2, 0) is 4.79 Å². The standard InChI is InChI=1S/C13H20N4O2S/c1-8(2)11(18)16-4-6-17(7-5-16)12(19)10-9(3)15-13(14)20-10/h8H,4-7H2,1-3H3,(H2,14,15). The van der Waals surface area contributed by atoms with E-state index in [4.69, 9.17) is 5.73 Å². The molecule has 0 radical (unpaired) electrons. The second-order valence-corrected chi connectivity index (χ2v) is 6.27. The molecule has 20 heavy (non-hydrogen) atoms. The molecule has 1 aliphatic rings. The molecule has 0 aromatic carbocycles. The van der Waals surface area contributed by atoms with Gasteiger partial charge in [0.05, 0.1) is 5.69 Å². The summed E-state index contributed by atoms with van der Waals surface area (Å²) < 4.78 is 0. The number of thiazole rings is 1. The van der Waals surface area contributed by atoms with E-state index in [1.54, 1.807) is 11.8 Å². The van der Waals surface area contributed by atoms with Gasteiger partial charge in [0.15, 0.2) is 5.13 Å². The third kappa shape index (κ3) is 2.92. The van der Waals surface area contributed by atoms with Gasteiger partial charge in [0.2, 0.25) is 5.91 Å². The van der Waals surface area contributed by atoms with E-state index in [1.807, 2.05) is 18.7 Å². The average Bonchev–Trinajstić information content (AvgIpc) is 2.76. The van der Waals surface area contributed by atoms with Crippen molar-refractivity contribution in [3.8, 4) is 0 Å². The van der Waals surface area contributed by atoms with Crippen molar-refractivity contribution >= 4 is 28.3 Å². The van der Waals surface area contributed by atoms with Crippen molar-refractivity contribution in [2.45, 2.75) is 20.8 Å². The number of aromatic nitrogens is 1. The molecule has 1 saturated heterocycles. The Hall–Kier alpha value is -1.63. The lowest BCUT2D eigenvalue weighted by Crippen LogP contribution is -2.51. The lowest BCUT2D eigenvalue weighted by atomic mass is 10.1. The van der Waals surface area contributed by atoms with Crippen LogP contribution in [0.5, 0.6) is 0 Å². The monoisotopic (exact) mass is 296 g/mol. The largest absolute Gasteiger partial charge is 0.375 e. The van der Waals surface area contributed by atoms with E-state index in [-0.39, 0.29) is 17.7 Å². The fraction of sp³-hybridized carbons (Fsp3) is 0.615. The number of piperazine rings is 1. The number of hydrogen-bond acceptors (Lipinski definition) is 5. The summed E-state index contributed by atoms with van der Waals surface area (Å²) in [5.41, 5.74) is 6.30. The molecule has 2 N–H and O–H groups in total. The van der Waals surface area contributed by atoms with E-state index in [1.165, 1.54) is 11.3 Å². The maximum Gasteiger partial charge on any atom is 0.266 e. The Balaban J connectivity index is 1.99. The number of carbonyl (C=O) groups is 2. The van der Waals surface area contributed by atoms with Crippen molar-refractivity contribution in [2.75, 3.05) is 31.9 Å². The average molecular weight is 296 g/mol. The zero-order chi connectivity index (χ0) is 14.9. The molecule has 1 aliphatic heterocycles. The Morgan fingerprint density at radius 3 is 2.20 bits per heavy atom. The molecular formula is C13H20N4O2S. The lowest BCUT2D eigenvalue weighted by molar-refractivity contribution is -0.135. The van der Waals surface area contributed by atoms with Crippen LogP contribution in [0.25, 0.3) is 0 Å². The number of carbonyl (C=O) groups excluding carboxylic acids is 2. The first-order valence-electron chi connectivity index (χ1n) is 6.71. The highest BCUT2D eigenvalue weighted by molar-refractivity contribution is 7.17. The Labute approximate surface area is 122 Å². The highest BCUT2D eigenvalue weighted by Crippen LogP contribution is 2.22. The van der Waals surface area contributed by atoms with Gasteiger partial charge >= 0.3 is 0 Å². The summed E-state index contributed by atoms with van der Waals surface area (Å²) in [6, 6.07) is 0. The van der Waals surface area contributed by atoms with Gasteiger partial charge in [-0.3, -0.25) is 9.59 Å². The summed E-state index contributed by atoms with van der Waals surface area (Å²) in [6.07, 6.45) is 0. The summed E-state index contributed by atoms with van der Waals surface area (Å²) in [5.74, 6) is 0.115. The van der Waals surface area contributed by atoms with Gasteiger partial charge in [0.25, 0.3) is 5.91 Å². The summed E-state index contributed by atoms with van der Waals surface area (Å²) in [7, 11) is 0. The minimum absolute atomic E-state index is 0.000732. The quantitative estimate of drug-likeness (QED) is 0.882. The molecule has 6 nitrogen and oxygen atoms in total. The predicted octanol–water partition coefficient (Wildman–Crippen LogP) is 0.974. The van der Waals surface area contributed by atoms with Gasteiger partial charge in [-0.25, -0.2) is 4.98 Å². The van der Waals surface area contributed by atoms with Gasteiger partial charge < -0.3 is 15.5 Å². The Kier molecular flexibility index (Phi) is 4.27. The molecule has 0 unspecified atom stereocenters. The molecule has 0 aliphatic carbocycles. The minimum atomic E-state index is -0.0339. The first-order chi connectivity index (χ1) is 9.40. The zero-order valence-electron chi connectivity index (χ0n) is 12.0. The Morgan fingerprint density at radius 2 is 1.75 bits per heavy atom. The maximum absolute atomic E-state index is 12.4. The van der Waals surface area contributed by atoms with E-state index in [2.05, 4.69) is 4.98 Å². The molecule has 1 fully saturated rings. The lowest BCUT2D eigenvalue weighted by Gasteiger charge is -2.35. The van der Waals surface area contributed by atoms with Crippen LogP contribution in [0.15, 0.2) is 0 Å². The normalized spacial score (nSPS) is 15.8. The molecule has 0 atom stereocenters. The minimum Gasteiger partial charge on any atom is -0.375 e. The van der Waals surface area contributed by atoms with Crippen LogP contribution in [0.2, 0.25) is 0 Å². The molecule has 7 heteroatoms. The van der Waals surface area contributed by atoms with Crippen LogP contribution >= 0.6 is 11.3 Å². The van der Waals surface area contributed by atoms with Gasteiger partial charge in [0.1, 0.15) is 4.88 Å². The molecule has 110 valence electrons. The Bertz CT molecular complexity index is 518. The molecule has 1 aromatic heterocycles. The van der Waals surface area contributed by atoms with Crippen molar-refractivity contribution in [3.05, 3.63) is 10.6 Å². The number of amides is 2. The molecule has 1 aromatic rings. The molecule has 0 saturated carbocycles. The number of nitrogens with zero attached hydrogens (tertiary/aromatic N) is 3. The van der Waals surface area contributed by atoms with Crippen LogP contribution in [0, 0.1) is 12.8 Å². The SMILES string of the molecule is Cc1nc(N)sc1C(=O)N1CCN(C(=O)C(C)C)CC1. The fourth-order valence-corrected chi connectivity index (χ4v) is 3.06. The second kappa shape index (κ2) is 5.78. The number of nitrogens with two attached hydrogens (primary N) is 1. The van der Waals surface area contributed by atoms with Gasteiger partial charge in [-0.15, -0.1) is 0 Å². The number of rotatable bonds is 2. The highest BCUT2D eigenvalue weighted by atomic mass is 32.1. The first kappa shape index (κ1) is 14.8. The third-order valence-electron chi connectivity index (χ3n) is 3.38.